The van der Waals surface area contributed by atoms with Gasteiger partial charge in [0.15, 0.2) is 4.80 Å². The number of phenols is 1. The van der Waals surface area contributed by atoms with Gasteiger partial charge in [-0.25, -0.2) is 9.79 Å². The molecule has 164 valence electrons. The van der Waals surface area contributed by atoms with Crippen molar-refractivity contribution in [3.05, 3.63) is 83.1 Å². The van der Waals surface area contributed by atoms with E-state index < -0.39 is 28.4 Å². The third-order valence-electron chi connectivity index (χ3n) is 4.83. The normalized spacial score (nSPS) is 15.9. The highest BCUT2D eigenvalue weighted by molar-refractivity contribution is 7.07. The molecule has 1 N–H and O–H groups in total. The number of esters is 1. The van der Waals surface area contributed by atoms with Crippen LogP contribution in [-0.4, -0.2) is 27.2 Å². The number of rotatable bonds is 5. The number of hydrogen-bond acceptors (Lipinski definition) is 9. The molecule has 1 aliphatic heterocycles. The Morgan fingerprint density at radius 1 is 1.38 bits per heavy atom. The van der Waals surface area contributed by atoms with Crippen LogP contribution in [0, 0.1) is 10.1 Å². The van der Waals surface area contributed by atoms with Gasteiger partial charge in [-0.2, -0.15) is 0 Å². The van der Waals surface area contributed by atoms with Crippen molar-refractivity contribution in [3.8, 4) is 5.75 Å². The maximum atomic E-state index is 13.1. The molecule has 11 heteroatoms. The SMILES string of the molecule is CCOC(=O)C1=C(C)n2c(s/c(=C\c3ccccc3O)c2=O)=N[C@H]1c1ccc([N+](=O)[O-])o1. The largest absolute Gasteiger partial charge is 0.507 e. The molecule has 2 aromatic heterocycles. The van der Waals surface area contributed by atoms with E-state index in [0.717, 1.165) is 11.3 Å². The quantitative estimate of drug-likeness (QED) is 0.353. The highest BCUT2D eigenvalue weighted by Gasteiger charge is 2.34. The summed E-state index contributed by atoms with van der Waals surface area (Å²) in [4.78, 5) is 41.0. The highest BCUT2D eigenvalue weighted by atomic mass is 32.1. The number of benzene rings is 1. The van der Waals surface area contributed by atoms with Crippen molar-refractivity contribution >= 4 is 35.0 Å². The third-order valence-corrected chi connectivity index (χ3v) is 5.81. The van der Waals surface area contributed by atoms with Gasteiger partial charge in [0.1, 0.15) is 22.5 Å². The summed E-state index contributed by atoms with van der Waals surface area (Å²) >= 11 is 1.06. The number of nitrogens with zero attached hydrogens (tertiary/aromatic N) is 3. The molecule has 0 spiro atoms. The molecule has 1 aromatic carbocycles. The molecule has 0 fully saturated rings. The van der Waals surface area contributed by atoms with Crippen LogP contribution in [0.2, 0.25) is 0 Å². The van der Waals surface area contributed by atoms with Crippen molar-refractivity contribution in [1.82, 2.24) is 4.57 Å². The second kappa shape index (κ2) is 8.27. The number of furan rings is 1. The summed E-state index contributed by atoms with van der Waals surface area (Å²) in [5, 5.41) is 21.1. The standard InChI is InChI=1S/C21H17N3O7S/c1-3-30-20(27)17-11(2)23-19(26)15(10-12-6-4-5-7-13(12)25)32-21(23)22-18(17)14-8-9-16(31-14)24(28)29/h4-10,18,25H,3H2,1-2H3/b15-10-/t18-/m0/s1. The van der Waals surface area contributed by atoms with E-state index in [1.165, 1.54) is 28.8 Å². The van der Waals surface area contributed by atoms with Gasteiger partial charge in [0, 0.05) is 11.3 Å². The first-order valence-electron chi connectivity index (χ1n) is 9.53. The molecule has 1 aliphatic rings. The van der Waals surface area contributed by atoms with Crippen LogP contribution < -0.4 is 14.9 Å². The van der Waals surface area contributed by atoms with E-state index in [2.05, 4.69) is 4.99 Å². The van der Waals surface area contributed by atoms with Gasteiger partial charge in [0.2, 0.25) is 0 Å². The fourth-order valence-corrected chi connectivity index (χ4v) is 4.39. The Balaban J connectivity index is 1.95. The molecular formula is C21H17N3O7S. The number of aromatic nitrogens is 1. The molecule has 3 aromatic rings. The van der Waals surface area contributed by atoms with Gasteiger partial charge < -0.3 is 14.3 Å². The number of allylic oxidation sites excluding steroid dienone is 1. The molecule has 3 heterocycles. The van der Waals surface area contributed by atoms with Crippen LogP contribution in [0.4, 0.5) is 5.88 Å². The number of fused-ring (bicyclic) bond motifs is 1. The van der Waals surface area contributed by atoms with Crippen LogP contribution in [-0.2, 0) is 9.53 Å². The van der Waals surface area contributed by atoms with Gasteiger partial charge in [-0.1, -0.05) is 29.5 Å². The average molecular weight is 455 g/mol. The van der Waals surface area contributed by atoms with Crippen molar-refractivity contribution in [2.24, 2.45) is 4.99 Å². The van der Waals surface area contributed by atoms with Crippen molar-refractivity contribution in [2.75, 3.05) is 6.61 Å². The number of para-hydroxylation sites is 1. The Morgan fingerprint density at radius 2 is 2.12 bits per heavy atom. The zero-order chi connectivity index (χ0) is 23.0. The van der Waals surface area contributed by atoms with Gasteiger partial charge in [0.05, 0.1) is 22.8 Å². The lowest BCUT2D eigenvalue weighted by atomic mass is 10.0. The van der Waals surface area contributed by atoms with Crippen LogP contribution in [0.25, 0.3) is 11.8 Å². The van der Waals surface area contributed by atoms with E-state index >= 15 is 0 Å². The number of nitro groups is 1. The first-order chi connectivity index (χ1) is 15.3. The number of thiazole rings is 1. The minimum absolute atomic E-state index is 0.0143. The fourth-order valence-electron chi connectivity index (χ4n) is 3.36. The molecule has 10 nitrogen and oxygen atoms in total. The summed E-state index contributed by atoms with van der Waals surface area (Å²) in [5.41, 5.74) is 0.378. The summed E-state index contributed by atoms with van der Waals surface area (Å²) in [6.07, 6.45) is 1.53. The van der Waals surface area contributed by atoms with Gasteiger partial charge >= 0.3 is 11.9 Å². The minimum atomic E-state index is -1.02. The molecular weight excluding hydrogens is 438 g/mol. The summed E-state index contributed by atoms with van der Waals surface area (Å²) in [6.45, 7) is 3.31. The number of carbonyl (C=O) groups is 1. The van der Waals surface area contributed by atoms with Crippen LogP contribution in [0.1, 0.15) is 31.2 Å². The Morgan fingerprint density at radius 3 is 2.78 bits per heavy atom. The van der Waals surface area contributed by atoms with Crippen LogP contribution in [0.5, 0.6) is 5.75 Å². The lowest BCUT2D eigenvalue weighted by Crippen LogP contribution is -2.35. The lowest BCUT2D eigenvalue weighted by Gasteiger charge is -2.20. The van der Waals surface area contributed by atoms with Gasteiger partial charge in [-0.3, -0.25) is 19.5 Å². The fraction of sp³-hybridized carbons (Fsp3) is 0.190. The van der Waals surface area contributed by atoms with Crippen molar-refractivity contribution < 1.29 is 24.0 Å². The average Bonchev–Trinajstić information content (AvgIpc) is 3.35. The zero-order valence-corrected chi connectivity index (χ0v) is 17.8. The predicted molar refractivity (Wildman–Crippen MR) is 115 cm³/mol. The molecule has 0 unspecified atom stereocenters. The van der Waals surface area contributed by atoms with E-state index in [1.807, 2.05) is 0 Å². The van der Waals surface area contributed by atoms with E-state index in [9.17, 15) is 24.8 Å². The minimum Gasteiger partial charge on any atom is -0.507 e. The van der Waals surface area contributed by atoms with E-state index in [-0.39, 0.29) is 34.2 Å². The van der Waals surface area contributed by atoms with Crippen molar-refractivity contribution in [3.63, 3.8) is 0 Å². The lowest BCUT2D eigenvalue weighted by molar-refractivity contribution is -0.402. The van der Waals surface area contributed by atoms with Crippen molar-refractivity contribution in [1.29, 1.82) is 0 Å². The first-order valence-corrected chi connectivity index (χ1v) is 10.3. The van der Waals surface area contributed by atoms with E-state index in [1.54, 1.807) is 32.0 Å². The van der Waals surface area contributed by atoms with Gasteiger partial charge in [-0.05, 0) is 32.1 Å². The number of carbonyl (C=O) groups excluding carboxylic acids is 1. The molecule has 0 saturated heterocycles. The Kier molecular flexibility index (Phi) is 5.49. The monoisotopic (exact) mass is 455 g/mol. The topological polar surface area (TPSA) is 137 Å². The van der Waals surface area contributed by atoms with Crippen LogP contribution in [0.3, 0.4) is 0 Å². The van der Waals surface area contributed by atoms with E-state index in [4.69, 9.17) is 9.15 Å². The Bertz CT molecular complexity index is 1440. The number of phenolic OH excluding ortho intramolecular Hbond substituents is 1. The molecule has 0 amide bonds. The van der Waals surface area contributed by atoms with Crippen molar-refractivity contribution in [2.45, 2.75) is 19.9 Å². The molecule has 0 radical (unpaired) electrons. The highest BCUT2D eigenvalue weighted by Crippen LogP contribution is 2.34. The summed E-state index contributed by atoms with van der Waals surface area (Å²) in [7, 11) is 0. The molecule has 0 aliphatic carbocycles. The molecule has 0 saturated carbocycles. The number of hydrogen-bond donors (Lipinski definition) is 1. The summed E-state index contributed by atoms with van der Waals surface area (Å²) < 4.78 is 12.0. The molecule has 1 atom stereocenters. The Hall–Kier alpha value is -3.99. The third kappa shape index (κ3) is 3.62. The Labute approximate surface area is 184 Å². The molecule has 4 rings (SSSR count). The van der Waals surface area contributed by atoms with Gasteiger partial charge in [0.25, 0.3) is 5.56 Å². The summed E-state index contributed by atoms with van der Waals surface area (Å²) in [5.74, 6) is -1.09. The summed E-state index contributed by atoms with van der Waals surface area (Å²) in [6, 6.07) is 8.09. The maximum absolute atomic E-state index is 13.1. The second-order valence-electron chi connectivity index (χ2n) is 6.78. The smallest absolute Gasteiger partial charge is 0.433 e. The zero-order valence-electron chi connectivity index (χ0n) is 17.0. The maximum Gasteiger partial charge on any atom is 0.433 e. The second-order valence-corrected chi connectivity index (χ2v) is 7.79. The number of aromatic hydroxyl groups is 1. The molecule has 0 bridgehead atoms. The number of ether oxygens (including phenoxy) is 1. The predicted octanol–water partition coefficient (Wildman–Crippen LogP) is 2.11. The van der Waals surface area contributed by atoms with Crippen LogP contribution in [0.15, 0.2) is 56.2 Å². The van der Waals surface area contributed by atoms with Crippen LogP contribution >= 0.6 is 11.3 Å². The van der Waals surface area contributed by atoms with Gasteiger partial charge in [-0.15, -0.1) is 0 Å². The van der Waals surface area contributed by atoms with E-state index in [0.29, 0.717) is 10.1 Å². The molecule has 32 heavy (non-hydrogen) atoms. The first kappa shape index (κ1) is 21.2.